The summed E-state index contributed by atoms with van der Waals surface area (Å²) in [7, 11) is 0. The summed E-state index contributed by atoms with van der Waals surface area (Å²) in [5.74, 6) is 0.977. The number of thiophene rings is 1. The van der Waals surface area contributed by atoms with Gasteiger partial charge in [-0.25, -0.2) is 0 Å². The van der Waals surface area contributed by atoms with Gasteiger partial charge in [0.25, 0.3) is 0 Å². The molecule has 19 heavy (non-hydrogen) atoms. The molecular formula is C16H17NOS. The molecule has 0 saturated carbocycles. The molecule has 2 aromatic heterocycles. The van der Waals surface area contributed by atoms with Crippen LogP contribution in [-0.4, -0.2) is 0 Å². The molecule has 0 aliphatic rings. The first-order chi connectivity index (χ1) is 9.25. The van der Waals surface area contributed by atoms with E-state index in [0.29, 0.717) is 6.04 Å². The van der Waals surface area contributed by atoms with E-state index in [1.165, 1.54) is 20.5 Å². The molecule has 2 nitrogen and oxygen atoms in total. The average molecular weight is 271 g/mol. The van der Waals surface area contributed by atoms with Crippen LogP contribution in [0.25, 0.3) is 10.1 Å². The molecule has 0 aliphatic heterocycles. The molecule has 0 fully saturated rings. The standard InChI is InChI=1S/C16H17NOS/c1-11-14-7-3-4-8-15(14)19-16(11)12(2)17-10-13-6-5-9-18-13/h3-9,12,17H,10H2,1-2H3. The van der Waals surface area contributed by atoms with Crippen LogP contribution in [0.1, 0.15) is 29.2 Å². The van der Waals surface area contributed by atoms with E-state index in [1.54, 1.807) is 6.26 Å². The van der Waals surface area contributed by atoms with Gasteiger partial charge in [-0.15, -0.1) is 11.3 Å². The van der Waals surface area contributed by atoms with Gasteiger partial charge in [0.05, 0.1) is 12.8 Å². The minimum Gasteiger partial charge on any atom is -0.468 e. The Bertz CT molecular complexity index is 669. The van der Waals surface area contributed by atoms with E-state index < -0.39 is 0 Å². The average Bonchev–Trinajstić information content (AvgIpc) is 3.05. The van der Waals surface area contributed by atoms with Crippen molar-refractivity contribution in [3.63, 3.8) is 0 Å². The zero-order chi connectivity index (χ0) is 13.2. The van der Waals surface area contributed by atoms with Gasteiger partial charge in [-0.3, -0.25) is 0 Å². The third kappa shape index (κ3) is 2.44. The Kier molecular flexibility index (Phi) is 3.40. The Balaban J connectivity index is 1.81. The summed E-state index contributed by atoms with van der Waals surface area (Å²) in [4.78, 5) is 1.41. The molecule has 1 aromatic carbocycles. The van der Waals surface area contributed by atoms with E-state index in [2.05, 4.69) is 43.4 Å². The zero-order valence-corrected chi connectivity index (χ0v) is 12.0. The molecule has 0 saturated heterocycles. The predicted octanol–water partition coefficient (Wildman–Crippen LogP) is 4.65. The van der Waals surface area contributed by atoms with Crippen LogP contribution in [-0.2, 0) is 6.54 Å². The normalized spacial score (nSPS) is 12.9. The number of benzene rings is 1. The van der Waals surface area contributed by atoms with Crippen molar-refractivity contribution in [1.29, 1.82) is 0 Å². The zero-order valence-electron chi connectivity index (χ0n) is 11.1. The molecule has 0 aliphatic carbocycles. The lowest BCUT2D eigenvalue weighted by Crippen LogP contribution is -2.17. The van der Waals surface area contributed by atoms with Crippen LogP contribution in [0, 0.1) is 6.92 Å². The first-order valence-electron chi connectivity index (χ1n) is 6.49. The van der Waals surface area contributed by atoms with Gasteiger partial charge in [-0.05, 0) is 43.0 Å². The fraction of sp³-hybridized carbons (Fsp3) is 0.250. The summed E-state index contributed by atoms with van der Waals surface area (Å²) in [6.45, 7) is 5.18. The van der Waals surface area contributed by atoms with Crippen molar-refractivity contribution in [2.24, 2.45) is 0 Å². The van der Waals surface area contributed by atoms with E-state index in [9.17, 15) is 0 Å². The fourth-order valence-electron chi connectivity index (χ4n) is 2.37. The lowest BCUT2D eigenvalue weighted by molar-refractivity contribution is 0.462. The van der Waals surface area contributed by atoms with Crippen molar-refractivity contribution in [3.05, 3.63) is 58.9 Å². The Hall–Kier alpha value is -1.58. The predicted molar refractivity (Wildman–Crippen MR) is 80.5 cm³/mol. The maximum Gasteiger partial charge on any atom is 0.117 e. The number of hydrogen-bond acceptors (Lipinski definition) is 3. The fourth-order valence-corrected chi connectivity index (χ4v) is 3.60. The van der Waals surface area contributed by atoms with E-state index in [-0.39, 0.29) is 0 Å². The molecule has 3 rings (SSSR count). The third-order valence-corrected chi connectivity index (χ3v) is 4.89. The van der Waals surface area contributed by atoms with Gasteiger partial charge in [-0.2, -0.15) is 0 Å². The lowest BCUT2D eigenvalue weighted by atomic mass is 10.1. The Morgan fingerprint density at radius 3 is 2.79 bits per heavy atom. The second-order valence-corrected chi connectivity index (χ2v) is 5.85. The van der Waals surface area contributed by atoms with Gasteiger partial charge in [0, 0.05) is 15.6 Å². The van der Waals surface area contributed by atoms with Crippen LogP contribution in [0.5, 0.6) is 0 Å². The van der Waals surface area contributed by atoms with Gasteiger partial charge >= 0.3 is 0 Å². The van der Waals surface area contributed by atoms with Crippen molar-refractivity contribution in [1.82, 2.24) is 5.32 Å². The molecule has 3 aromatic rings. The number of rotatable bonds is 4. The van der Waals surface area contributed by atoms with Crippen LogP contribution in [0.4, 0.5) is 0 Å². The van der Waals surface area contributed by atoms with Crippen molar-refractivity contribution < 1.29 is 4.42 Å². The molecular weight excluding hydrogens is 254 g/mol. The smallest absolute Gasteiger partial charge is 0.117 e. The SMILES string of the molecule is Cc1c(C(C)NCc2ccco2)sc2ccccc12. The first kappa shape index (κ1) is 12.5. The van der Waals surface area contributed by atoms with Crippen molar-refractivity contribution in [2.45, 2.75) is 26.4 Å². The van der Waals surface area contributed by atoms with Gasteiger partial charge in [0.2, 0.25) is 0 Å². The summed E-state index contributed by atoms with van der Waals surface area (Å²) in [6, 6.07) is 12.8. The topological polar surface area (TPSA) is 25.2 Å². The van der Waals surface area contributed by atoms with E-state index in [0.717, 1.165) is 12.3 Å². The third-order valence-electron chi connectivity index (χ3n) is 3.44. The minimum atomic E-state index is 0.336. The highest BCUT2D eigenvalue weighted by molar-refractivity contribution is 7.19. The first-order valence-corrected chi connectivity index (χ1v) is 7.31. The van der Waals surface area contributed by atoms with Gasteiger partial charge in [-0.1, -0.05) is 18.2 Å². The van der Waals surface area contributed by atoms with E-state index >= 15 is 0 Å². The molecule has 0 radical (unpaired) electrons. The Labute approximate surface area is 117 Å². The number of fused-ring (bicyclic) bond motifs is 1. The van der Waals surface area contributed by atoms with Crippen molar-refractivity contribution in [2.75, 3.05) is 0 Å². The van der Waals surface area contributed by atoms with Crippen LogP contribution < -0.4 is 5.32 Å². The van der Waals surface area contributed by atoms with Crippen LogP contribution >= 0.6 is 11.3 Å². The second-order valence-electron chi connectivity index (χ2n) is 4.77. The molecule has 0 amide bonds. The molecule has 2 heterocycles. The number of furan rings is 1. The largest absolute Gasteiger partial charge is 0.468 e. The summed E-state index contributed by atoms with van der Waals surface area (Å²) >= 11 is 1.88. The van der Waals surface area contributed by atoms with Crippen molar-refractivity contribution >= 4 is 21.4 Å². The number of hydrogen-bond donors (Lipinski definition) is 1. The van der Waals surface area contributed by atoms with Gasteiger partial charge < -0.3 is 9.73 Å². The van der Waals surface area contributed by atoms with Crippen LogP contribution in [0.15, 0.2) is 47.1 Å². The molecule has 0 spiro atoms. The maximum atomic E-state index is 5.35. The maximum absolute atomic E-state index is 5.35. The van der Waals surface area contributed by atoms with Crippen LogP contribution in [0.3, 0.4) is 0 Å². The molecule has 1 atom stereocenters. The molecule has 1 N–H and O–H groups in total. The summed E-state index contributed by atoms with van der Waals surface area (Å²) in [5.41, 5.74) is 1.39. The molecule has 1 unspecified atom stereocenters. The molecule has 0 bridgehead atoms. The lowest BCUT2D eigenvalue weighted by Gasteiger charge is -2.12. The summed E-state index contributed by atoms with van der Waals surface area (Å²) in [5, 5.41) is 4.89. The molecule has 3 heteroatoms. The minimum absolute atomic E-state index is 0.336. The highest BCUT2D eigenvalue weighted by atomic mass is 32.1. The van der Waals surface area contributed by atoms with E-state index in [1.807, 2.05) is 23.5 Å². The summed E-state index contributed by atoms with van der Waals surface area (Å²) < 4.78 is 6.71. The van der Waals surface area contributed by atoms with Gasteiger partial charge in [0.15, 0.2) is 0 Å². The van der Waals surface area contributed by atoms with Crippen molar-refractivity contribution in [3.8, 4) is 0 Å². The molecule has 98 valence electrons. The Morgan fingerprint density at radius 1 is 1.21 bits per heavy atom. The Morgan fingerprint density at radius 2 is 2.05 bits per heavy atom. The summed E-state index contributed by atoms with van der Waals surface area (Å²) in [6.07, 6.45) is 1.71. The van der Waals surface area contributed by atoms with Crippen LogP contribution in [0.2, 0.25) is 0 Å². The van der Waals surface area contributed by atoms with E-state index in [4.69, 9.17) is 4.42 Å². The van der Waals surface area contributed by atoms with Gasteiger partial charge in [0.1, 0.15) is 5.76 Å². The quantitative estimate of drug-likeness (QED) is 0.747. The monoisotopic (exact) mass is 271 g/mol. The second kappa shape index (κ2) is 5.19. The number of aryl methyl sites for hydroxylation is 1. The highest BCUT2D eigenvalue weighted by Gasteiger charge is 2.14. The highest BCUT2D eigenvalue weighted by Crippen LogP contribution is 2.34. The number of nitrogens with one attached hydrogen (secondary N) is 1.